The largest absolute Gasteiger partial charge is 0.347 e. The van der Waals surface area contributed by atoms with E-state index in [2.05, 4.69) is 26.9 Å². The molecule has 154 valence electrons. The van der Waals surface area contributed by atoms with Gasteiger partial charge in [-0.2, -0.15) is 5.10 Å². The monoisotopic (exact) mass is 420 g/mol. The Morgan fingerprint density at radius 3 is 3.03 bits per heavy atom. The maximum atomic E-state index is 12.6. The molecule has 1 saturated heterocycles. The van der Waals surface area contributed by atoms with Crippen LogP contribution in [-0.4, -0.2) is 38.2 Å². The summed E-state index contributed by atoms with van der Waals surface area (Å²) in [6.45, 7) is 3.63. The van der Waals surface area contributed by atoms with Crippen molar-refractivity contribution in [3.63, 3.8) is 0 Å². The summed E-state index contributed by atoms with van der Waals surface area (Å²) in [5.41, 5.74) is 2.97. The van der Waals surface area contributed by atoms with Crippen molar-refractivity contribution in [2.45, 2.75) is 25.9 Å². The lowest BCUT2D eigenvalue weighted by Gasteiger charge is -2.22. The number of piperidine rings is 1. The first kappa shape index (κ1) is 19.0. The normalized spacial score (nSPS) is 14.9. The summed E-state index contributed by atoms with van der Waals surface area (Å²) in [4.78, 5) is 18.6. The Labute approximate surface area is 178 Å². The van der Waals surface area contributed by atoms with Crippen molar-refractivity contribution in [2.24, 2.45) is 5.92 Å². The molecule has 0 radical (unpaired) electrons. The highest BCUT2D eigenvalue weighted by Gasteiger charge is 2.15. The number of imidazole rings is 1. The molecule has 1 amide bonds. The minimum absolute atomic E-state index is 0.0587. The number of hydrogen-bond acceptors (Lipinski definition) is 5. The average Bonchev–Trinajstić information content (AvgIpc) is 3.52. The molecule has 0 atom stereocenters. The lowest BCUT2D eigenvalue weighted by molar-refractivity contribution is 0.0955. The standard InChI is InChI=1S/C22H24N6OS/c29-22(25-12-17-5-9-27-10-8-24-21(27)11-17)20-2-1-19(30-20)18-13-26-28(15-18)14-16-3-6-23-7-4-16/h1-2,5,8-11,13,15-16,23H,3-4,6-7,12,14H2,(H,25,29). The van der Waals surface area contributed by atoms with Gasteiger partial charge in [0, 0.05) is 48.3 Å². The van der Waals surface area contributed by atoms with Crippen LogP contribution in [0.25, 0.3) is 16.1 Å². The van der Waals surface area contributed by atoms with Crippen molar-refractivity contribution < 1.29 is 4.79 Å². The molecule has 1 aliphatic rings. The molecule has 4 aromatic rings. The fourth-order valence-corrected chi connectivity index (χ4v) is 4.76. The van der Waals surface area contributed by atoms with Gasteiger partial charge in [0.1, 0.15) is 5.65 Å². The van der Waals surface area contributed by atoms with E-state index in [0.29, 0.717) is 17.3 Å². The third kappa shape index (κ3) is 4.15. The van der Waals surface area contributed by atoms with E-state index in [0.717, 1.165) is 41.3 Å². The van der Waals surface area contributed by atoms with Crippen LogP contribution >= 0.6 is 11.3 Å². The van der Waals surface area contributed by atoms with Crippen LogP contribution in [0.3, 0.4) is 0 Å². The molecule has 4 aromatic heterocycles. The van der Waals surface area contributed by atoms with Gasteiger partial charge in [0.25, 0.3) is 5.91 Å². The smallest absolute Gasteiger partial charge is 0.261 e. The molecular weight excluding hydrogens is 396 g/mol. The molecule has 5 rings (SSSR count). The summed E-state index contributed by atoms with van der Waals surface area (Å²) >= 11 is 1.50. The van der Waals surface area contributed by atoms with Crippen LogP contribution in [0.1, 0.15) is 28.1 Å². The third-order valence-electron chi connectivity index (χ3n) is 5.57. The second-order valence-electron chi connectivity index (χ2n) is 7.72. The molecule has 0 saturated carbocycles. The second-order valence-corrected chi connectivity index (χ2v) is 8.80. The van der Waals surface area contributed by atoms with E-state index in [1.807, 2.05) is 51.9 Å². The summed E-state index contributed by atoms with van der Waals surface area (Å²) in [6.07, 6.45) is 12.0. The highest BCUT2D eigenvalue weighted by molar-refractivity contribution is 7.17. The Kier molecular flexibility index (Phi) is 5.33. The zero-order chi connectivity index (χ0) is 20.3. The molecule has 0 spiro atoms. The number of fused-ring (bicyclic) bond motifs is 1. The Balaban J connectivity index is 1.21. The Bertz CT molecular complexity index is 1150. The van der Waals surface area contributed by atoms with Gasteiger partial charge in [0.05, 0.1) is 11.1 Å². The molecule has 8 heteroatoms. The number of nitrogens with one attached hydrogen (secondary N) is 2. The lowest BCUT2D eigenvalue weighted by Crippen LogP contribution is -2.29. The number of nitrogens with zero attached hydrogens (tertiary/aromatic N) is 4. The van der Waals surface area contributed by atoms with Crippen molar-refractivity contribution in [2.75, 3.05) is 13.1 Å². The highest BCUT2D eigenvalue weighted by atomic mass is 32.1. The number of hydrogen-bond donors (Lipinski definition) is 2. The number of carbonyl (C=O) groups excluding carboxylic acids is 1. The molecule has 1 aliphatic heterocycles. The molecule has 7 nitrogen and oxygen atoms in total. The Hall–Kier alpha value is -2.97. The second kappa shape index (κ2) is 8.41. The van der Waals surface area contributed by atoms with Crippen LogP contribution in [0.4, 0.5) is 0 Å². The first-order valence-electron chi connectivity index (χ1n) is 10.3. The fraction of sp³-hybridized carbons (Fsp3) is 0.318. The van der Waals surface area contributed by atoms with Gasteiger partial charge >= 0.3 is 0 Å². The summed E-state index contributed by atoms with van der Waals surface area (Å²) < 4.78 is 3.98. The number of pyridine rings is 1. The third-order valence-corrected chi connectivity index (χ3v) is 6.70. The topological polar surface area (TPSA) is 76.2 Å². The van der Waals surface area contributed by atoms with Gasteiger partial charge in [-0.15, -0.1) is 11.3 Å². The predicted octanol–water partition coefficient (Wildman–Crippen LogP) is 3.19. The molecule has 0 aromatic carbocycles. The van der Waals surface area contributed by atoms with Gasteiger partial charge in [-0.3, -0.25) is 9.48 Å². The van der Waals surface area contributed by atoms with E-state index in [9.17, 15) is 4.79 Å². The van der Waals surface area contributed by atoms with Crippen molar-refractivity contribution in [1.29, 1.82) is 0 Å². The molecule has 30 heavy (non-hydrogen) atoms. The van der Waals surface area contributed by atoms with Gasteiger partial charge in [-0.1, -0.05) is 0 Å². The number of thiophene rings is 1. The molecule has 0 unspecified atom stereocenters. The zero-order valence-corrected chi connectivity index (χ0v) is 17.4. The van der Waals surface area contributed by atoms with Gasteiger partial charge in [-0.05, 0) is 61.7 Å². The molecule has 2 N–H and O–H groups in total. The number of aromatic nitrogens is 4. The lowest BCUT2D eigenvalue weighted by atomic mass is 9.98. The maximum absolute atomic E-state index is 12.6. The quantitative estimate of drug-likeness (QED) is 0.502. The van der Waals surface area contributed by atoms with Crippen LogP contribution in [0.2, 0.25) is 0 Å². The minimum Gasteiger partial charge on any atom is -0.347 e. The molecule has 5 heterocycles. The van der Waals surface area contributed by atoms with E-state index in [4.69, 9.17) is 0 Å². The highest BCUT2D eigenvalue weighted by Crippen LogP contribution is 2.28. The molecule has 1 fully saturated rings. The first-order chi connectivity index (χ1) is 14.7. The molecule has 0 bridgehead atoms. The SMILES string of the molecule is O=C(NCc1ccn2ccnc2c1)c1ccc(-c2cnn(CC3CCNCC3)c2)s1. The first-order valence-corrected chi connectivity index (χ1v) is 11.1. The summed E-state index contributed by atoms with van der Waals surface area (Å²) in [6, 6.07) is 7.86. The Morgan fingerprint density at radius 2 is 2.13 bits per heavy atom. The van der Waals surface area contributed by atoms with Gasteiger partial charge in [-0.25, -0.2) is 4.98 Å². The predicted molar refractivity (Wildman–Crippen MR) is 117 cm³/mol. The van der Waals surface area contributed by atoms with E-state index >= 15 is 0 Å². The minimum atomic E-state index is -0.0587. The van der Waals surface area contributed by atoms with Crippen molar-refractivity contribution >= 4 is 22.9 Å². The van der Waals surface area contributed by atoms with Gasteiger partial charge in [0.2, 0.25) is 0 Å². The summed E-state index contributed by atoms with van der Waals surface area (Å²) in [7, 11) is 0. The average molecular weight is 421 g/mol. The van der Waals surface area contributed by atoms with E-state index in [-0.39, 0.29) is 5.91 Å². The summed E-state index contributed by atoms with van der Waals surface area (Å²) in [5, 5.41) is 10.9. The van der Waals surface area contributed by atoms with Crippen molar-refractivity contribution in [3.8, 4) is 10.4 Å². The van der Waals surface area contributed by atoms with Crippen LogP contribution in [0.5, 0.6) is 0 Å². The van der Waals surface area contributed by atoms with Crippen LogP contribution < -0.4 is 10.6 Å². The Morgan fingerprint density at radius 1 is 1.23 bits per heavy atom. The number of amides is 1. The van der Waals surface area contributed by atoms with Crippen LogP contribution in [0, 0.1) is 5.92 Å². The summed E-state index contributed by atoms with van der Waals surface area (Å²) in [5.74, 6) is 0.626. The van der Waals surface area contributed by atoms with E-state index < -0.39 is 0 Å². The van der Waals surface area contributed by atoms with Gasteiger partial charge < -0.3 is 15.0 Å². The fourth-order valence-electron chi connectivity index (χ4n) is 3.87. The number of rotatable bonds is 6. The van der Waals surface area contributed by atoms with Crippen LogP contribution in [0.15, 0.2) is 55.2 Å². The van der Waals surface area contributed by atoms with Crippen LogP contribution in [-0.2, 0) is 13.1 Å². The maximum Gasteiger partial charge on any atom is 0.261 e. The molecule has 0 aliphatic carbocycles. The van der Waals surface area contributed by atoms with Gasteiger partial charge in [0.15, 0.2) is 0 Å². The zero-order valence-electron chi connectivity index (χ0n) is 16.6. The van der Waals surface area contributed by atoms with E-state index in [1.165, 1.54) is 24.2 Å². The molecular formula is C22H24N6OS. The van der Waals surface area contributed by atoms with E-state index in [1.54, 1.807) is 6.20 Å². The van der Waals surface area contributed by atoms with Crippen molar-refractivity contribution in [3.05, 3.63) is 65.7 Å². The van der Waals surface area contributed by atoms with Crippen molar-refractivity contribution in [1.82, 2.24) is 29.8 Å². The number of carbonyl (C=O) groups is 1.